The molecule has 1 heterocycles. The maximum atomic E-state index is 13.0. The molecule has 4 atom stereocenters. The Morgan fingerprint density at radius 2 is 1.24 bits per heavy atom. The van der Waals surface area contributed by atoms with Gasteiger partial charge in [0.2, 0.25) is 0 Å². The standard InChI is InChI=1S/C37H42ClN3O4/c1-2-22-41-24-34(43-25-28-12-6-3-7-13-28)36(45-27-30-16-10-5-11-17-30)35(44-26-29-14-8-4-9-15-29)33(41)23-39-37(42)40-32-20-18-31(38)19-21-32/h3-21,33-36H,2,22-27H2,1H3,(H2,39,40,42)/t33-,34+,35-,36+/m1/s1. The van der Waals surface area contributed by atoms with Crippen molar-refractivity contribution in [3.05, 3.63) is 137 Å². The molecule has 5 rings (SSSR count). The Balaban J connectivity index is 1.39. The van der Waals surface area contributed by atoms with Gasteiger partial charge in [0.25, 0.3) is 0 Å². The summed E-state index contributed by atoms with van der Waals surface area (Å²) in [4.78, 5) is 15.4. The van der Waals surface area contributed by atoms with E-state index in [-0.39, 0.29) is 30.4 Å². The number of halogens is 1. The van der Waals surface area contributed by atoms with E-state index < -0.39 is 0 Å². The van der Waals surface area contributed by atoms with E-state index in [0.29, 0.717) is 43.6 Å². The molecule has 1 fully saturated rings. The zero-order valence-electron chi connectivity index (χ0n) is 25.7. The van der Waals surface area contributed by atoms with E-state index in [1.165, 1.54) is 0 Å². The molecule has 0 saturated carbocycles. The van der Waals surface area contributed by atoms with Gasteiger partial charge in [0.05, 0.1) is 32.0 Å². The van der Waals surface area contributed by atoms with E-state index >= 15 is 0 Å². The average Bonchev–Trinajstić information content (AvgIpc) is 3.07. The number of nitrogens with zero attached hydrogens (tertiary/aromatic N) is 1. The van der Waals surface area contributed by atoms with Gasteiger partial charge >= 0.3 is 6.03 Å². The summed E-state index contributed by atoms with van der Waals surface area (Å²) in [6, 6.07) is 37.1. The predicted octanol–water partition coefficient (Wildman–Crippen LogP) is 7.31. The van der Waals surface area contributed by atoms with Gasteiger partial charge in [-0.3, -0.25) is 4.90 Å². The maximum Gasteiger partial charge on any atom is 0.319 e. The van der Waals surface area contributed by atoms with Gasteiger partial charge in [-0.25, -0.2) is 4.79 Å². The van der Waals surface area contributed by atoms with Crippen LogP contribution in [0.5, 0.6) is 0 Å². The van der Waals surface area contributed by atoms with E-state index in [9.17, 15) is 4.79 Å². The van der Waals surface area contributed by atoms with Gasteiger partial charge in [-0.1, -0.05) is 110 Å². The van der Waals surface area contributed by atoms with Gasteiger partial charge in [-0.05, 0) is 53.9 Å². The van der Waals surface area contributed by atoms with Crippen LogP contribution in [-0.4, -0.2) is 54.9 Å². The zero-order chi connectivity index (χ0) is 31.3. The molecule has 2 N–H and O–H groups in total. The Hall–Kier alpha value is -3.72. The van der Waals surface area contributed by atoms with Crippen molar-refractivity contribution >= 4 is 23.3 Å². The van der Waals surface area contributed by atoms with Crippen LogP contribution >= 0.6 is 11.6 Å². The first-order chi connectivity index (χ1) is 22.1. The van der Waals surface area contributed by atoms with Crippen molar-refractivity contribution in [1.82, 2.24) is 10.2 Å². The normalized spacial score (nSPS) is 20.0. The Labute approximate surface area is 271 Å². The minimum Gasteiger partial charge on any atom is -0.369 e. The first-order valence-electron chi connectivity index (χ1n) is 15.6. The van der Waals surface area contributed by atoms with Crippen LogP contribution in [0, 0.1) is 0 Å². The third-order valence-electron chi connectivity index (χ3n) is 7.92. The topological polar surface area (TPSA) is 72.1 Å². The summed E-state index contributed by atoms with van der Waals surface area (Å²) < 4.78 is 20.1. The lowest BCUT2D eigenvalue weighted by molar-refractivity contribution is -0.202. The molecule has 4 aromatic rings. The zero-order valence-corrected chi connectivity index (χ0v) is 26.4. The molecule has 4 aromatic carbocycles. The van der Waals surface area contributed by atoms with Crippen LogP contribution in [0.25, 0.3) is 0 Å². The number of carbonyl (C=O) groups excluding carboxylic acids is 1. The molecule has 1 saturated heterocycles. The number of likely N-dealkylation sites (tertiary alicyclic amines) is 1. The molecule has 0 radical (unpaired) electrons. The van der Waals surface area contributed by atoms with Crippen molar-refractivity contribution in [3.63, 3.8) is 0 Å². The average molecular weight is 628 g/mol. The largest absolute Gasteiger partial charge is 0.369 e. The van der Waals surface area contributed by atoms with Gasteiger partial charge in [0.1, 0.15) is 12.2 Å². The third-order valence-corrected chi connectivity index (χ3v) is 8.17. The number of rotatable bonds is 14. The molecule has 0 aromatic heterocycles. The van der Waals surface area contributed by atoms with Crippen molar-refractivity contribution in [1.29, 1.82) is 0 Å². The minimum absolute atomic E-state index is 0.151. The second-order valence-corrected chi connectivity index (χ2v) is 11.7. The smallest absolute Gasteiger partial charge is 0.319 e. The van der Waals surface area contributed by atoms with Gasteiger partial charge in [0.15, 0.2) is 0 Å². The summed E-state index contributed by atoms with van der Waals surface area (Å²) in [5.41, 5.74) is 3.92. The number of hydrogen-bond acceptors (Lipinski definition) is 5. The van der Waals surface area contributed by atoms with Crippen LogP contribution in [0.15, 0.2) is 115 Å². The van der Waals surface area contributed by atoms with Gasteiger partial charge in [-0.15, -0.1) is 0 Å². The molecule has 1 aliphatic rings. The Morgan fingerprint density at radius 3 is 1.78 bits per heavy atom. The second-order valence-electron chi connectivity index (χ2n) is 11.3. The quantitative estimate of drug-likeness (QED) is 0.153. The number of nitrogens with one attached hydrogen (secondary N) is 2. The summed E-state index contributed by atoms with van der Waals surface area (Å²) in [6.45, 7) is 5.31. The molecule has 2 amide bonds. The van der Waals surface area contributed by atoms with Gasteiger partial charge in [-0.2, -0.15) is 0 Å². The molecule has 8 heteroatoms. The van der Waals surface area contributed by atoms with E-state index in [2.05, 4.69) is 58.9 Å². The van der Waals surface area contributed by atoms with E-state index in [4.69, 9.17) is 25.8 Å². The van der Waals surface area contributed by atoms with Crippen molar-refractivity contribution in [2.45, 2.75) is 57.5 Å². The Bertz CT molecular complexity index is 1430. The van der Waals surface area contributed by atoms with E-state index in [1.54, 1.807) is 24.3 Å². The highest BCUT2D eigenvalue weighted by molar-refractivity contribution is 6.30. The Morgan fingerprint density at radius 1 is 0.733 bits per heavy atom. The number of urea groups is 1. The molecule has 7 nitrogen and oxygen atoms in total. The molecular formula is C37H42ClN3O4. The lowest BCUT2D eigenvalue weighted by Gasteiger charge is -2.48. The highest BCUT2D eigenvalue weighted by Gasteiger charge is 2.45. The molecule has 0 bridgehead atoms. The second kappa shape index (κ2) is 17.1. The van der Waals surface area contributed by atoms with Crippen LogP contribution in [0.2, 0.25) is 5.02 Å². The van der Waals surface area contributed by atoms with Crippen LogP contribution in [-0.2, 0) is 34.0 Å². The van der Waals surface area contributed by atoms with Gasteiger partial charge in [0, 0.05) is 23.8 Å². The molecule has 236 valence electrons. The number of benzene rings is 4. The summed E-state index contributed by atoms with van der Waals surface area (Å²) >= 11 is 6.02. The third kappa shape index (κ3) is 9.88. The highest BCUT2D eigenvalue weighted by atomic mass is 35.5. The molecule has 0 unspecified atom stereocenters. The highest BCUT2D eigenvalue weighted by Crippen LogP contribution is 2.29. The van der Waals surface area contributed by atoms with Crippen molar-refractivity contribution in [2.24, 2.45) is 0 Å². The van der Waals surface area contributed by atoms with Crippen molar-refractivity contribution in [3.8, 4) is 0 Å². The minimum atomic E-state index is -0.383. The number of carbonyl (C=O) groups is 1. The van der Waals surface area contributed by atoms with Crippen LogP contribution < -0.4 is 10.6 Å². The first-order valence-corrected chi connectivity index (χ1v) is 16.0. The molecule has 45 heavy (non-hydrogen) atoms. The fourth-order valence-electron chi connectivity index (χ4n) is 5.67. The lowest BCUT2D eigenvalue weighted by atomic mass is 9.92. The number of hydrogen-bond donors (Lipinski definition) is 2. The van der Waals surface area contributed by atoms with Crippen LogP contribution in [0.1, 0.15) is 30.0 Å². The van der Waals surface area contributed by atoms with Crippen molar-refractivity contribution in [2.75, 3.05) is 25.0 Å². The molecule has 1 aliphatic heterocycles. The monoisotopic (exact) mass is 627 g/mol. The summed E-state index contributed by atoms with van der Waals surface area (Å²) in [6.07, 6.45) is -0.0668. The molecule has 0 aliphatic carbocycles. The predicted molar refractivity (Wildman–Crippen MR) is 179 cm³/mol. The first kappa shape index (κ1) is 32.7. The summed E-state index contributed by atoms with van der Waals surface area (Å²) in [5, 5.41) is 6.62. The lowest BCUT2D eigenvalue weighted by Crippen LogP contribution is -2.66. The van der Waals surface area contributed by atoms with E-state index in [0.717, 1.165) is 29.7 Å². The number of ether oxygens (including phenoxy) is 3. The summed E-state index contributed by atoms with van der Waals surface area (Å²) in [7, 11) is 0. The Kier molecular flexibility index (Phi) is 12.4. The fourth-order valence-corrected chi connectivity index (χ4v) is 5.80. The van der Waals surface area contributed by atoms with E-state index in [1.807, 2.05) is 54.6 Å². The number of amides is 2. The number of piperidine rings is 1. The van der Waals surface area contributed by atoms with Crippen LogP contribution in [0.4, 0.5) is 10.5 Å². The van der Waals surface area contributed by atoms with Crippen LogP contribution in [0.3, 0.4) is 0 Å². The molecule has 0 spiro atoms. The molecular weight excluding hydrogens is 586 g/mol. The number of anilines is 1. The fraction of sp³-hybridized carbons (Fsp3) is 0.324. The van der Waals surface area contributed by atoms with Crippen molar-refractivity contribution < 1.29 is 19.0 Å². The van der Waals surface area contributed by atoms with Gasteiger partial charge < -0.3 is 24.8 Å². The SMILES string of the molecule is CCCN1C[C@H](OCc2ccccc2)[C@H](OCc2ccccc2)[C@H](OCc2ccccc2)[C@H]1CNC(=O)Nc1ccc(Cl)cc1. The maximum absolute atomic E-state index is 13.0. The summed E-state index contributed by atoms with van der Waals surface area (Å²) in [5.74, 6) is 0.